The first-order valence-corrected chi connectivity index (χ1v) is 21.1. The maximum absolute atomic E-state index is 14.6. The van der Waals surface area contributed by atoms with Crippen LogP contribution in [0.25, 0.3) is 11.1 Å². The number of benzene rings is 3. The average molecular weight is 793 g/mol. The van der Waals surface area contributed by atoms with Crippen molar-refractivity contribution < 1.29 is 28.7 Å². The Labute approximate surface area is 340 Å². The summed E-state index contributed by atoms with van der Waals surface area (Å²) in [6.45, 7) is 9.79. The van der Waals surface area contributed by atoms with Gasteiger partial charge in [-0.1, -0.05) is 119 Å². The molecule has 302 valence electrons. The molecule has 1 heterocycles. The molecule has 6 rings (SSSR count). The molecule has 2 aliphatic rings. The first-order valence-electron chi connectivity index (χ1n) is 20.2. The second kappa shape index (κ2) is 18.5. The smallest absolute Gasteiger partial charge is 0.408 e. The van der Waals surface area contributed by atoms with E-state index in [4.69, 9.17) is 9.47 Å². The van der Waals surface area contributed by atoms with E-state index in [9.17, 15) is 19.2 Å². The molecule has 11 heteroatoms. The molecule has 1 fully saturated rings. The molecule has 2 N–H and O–H groups in total. The van der Waals surface area contributed by atoms with E-state index in [2.05, 4.69) is 65.9 Å². The molecule has 2 aliphatic carbocycles. The summed E-state index contributed by atoms with van der Waals surface area (Å²) < 4.78 is 11.8. The number of likely N-dealkylation sites (N-methyl/N-ethyl adjacent to an activating group) is 1. The first kappa shape index (κ1) is 41.6. The number of nitrogens with one attached hydrogen (secondary N) is 2. The highest BCUT2D eigenvalue weighted by molar-refractivity contribution is 7.09. The molecule has 1 aromatic heterocycles. The van der Waals surface area contributed by atoms with E-state index >= 15 is 0 Å². The van der Waals surface area contributed by atoms with Gasteiger partial charge < -0.3 is 25.0 Å². The van der Waals surface area contributed by atoms with Gasteiger partial charge in [0.05, 0.1) is 0 Å². The minimum atomic E-state index is -1.12. The van der Waals surface area contributed by atoms with Crippen LogP contribution in [0.2, 0.25) is 0 Å². The van der Waals surface area contributed by atoms with Gasteiger partial charge in [0.15, 0.2) is 6.10 Å². The molecule has 3 atom stereocenters. The monoisotopic (exact) mass is 792 g/mol. The SMILES string of the molecule is CC(=O)O[C@H](C[C@H](C(C)C)N(C)C(=O)C1(NC(=O)OCC2c3ccccc3-c3ccccc32)CCCC1)c1nc(C(=O)N[C@@H](Cc2ccccc2)CC(C)C)cs1. The molecule has 3 amide bonds. The summed E-state index contributed by atoms with van der Waals surface area (Å²) in [5, 5.41) is 8.38. The number of aromatic nitrogens is 1. The fourth-order valence-corrected chi connectivity index (χ4v) is 9.48. The van der Waals surface area contributed by atoms with Crippen LogP contribution in [0.15, 0.2) is 84.2 Å². The lowest BCUT2D eigenvalue weighted by Gasteiger charge is -2.39. The van der Waals surface area contributed by atoms with E-state index in [-0.39, 0.29) is 54.5 Å². The van der Waals surface area contributed by atoms with E-state index < -0.39 is 23.7 Å². The highest BCUT2D eigenvalue weighted by atomic mass is 32.1. The second-order valence-corrected chi connectivity index (χ2v) is 17.3. The molecular weight excluding hydrogens is 737 g/mol. The minimum absolute atomic E-state index is 0.0394. The summed E-state index contributed by atoms with van der Waals surface area (Å²) in [4.78, 5) is 60.5. The van der Waals surface area contributed by atoms with Crippen molar-refractivity contribution in [3.05, 3.63) is 112 Å². The average Bonchev–Trinajstić information content (AvgIpc) is 3.94. The van der Waals surface area contributed by atoms with Crippen molar-refractivity contribution in [1.82, 2.24) is 20.5 Å². The van der Waals surface area contributed by atoms with Crippen molar-refractivity contribution in [3.8, 4) is 11.1 Å². The van der Waals surface area contributed by atoms with E-state index in [1.807, 2.05) is 56.3 Å². The van der Waals surface area contributed by atoms with Crippen LogP contribution in [0.5, 0.6) is 0 Å². The number of esters is 1. The predicted octanol–water partition coefficient (Wildman–Crippen LogP) is 8.86. The Balaban J connectivity index is 1.14. The van der Waals surface area contributed by atoms with Gasteiger partial charge in [-0.05, 0) is 65.3 Å². The lowest BCUT2D eigenvalue weighted by molar-refractivity contribution is -0.149. The molecule has 0 saturated heterocycles. The molecule has 0 aliphatic heterocycles. The molecule has 10 nitrogen and oxygen atoms in total. The van der Waals surface area contributed by atoms with Crippen molar-refractivity contribution >= 4 is 35.2 Å². The number of carbonyl (C=O) groups excluding carboxylic acids is 4. The maximum Gasteiger partial charge on any atom is 0.408 e. The first-order chi connectivity index (χ1) is 27.3. The van der Waals surface area contributed by atoms with Crippen LogP contribution >= 0.6 is 11.3 Å². The van der Waals surface area contributed by atoms with Crippen molar-refractivity contribution in [3.63, 3.8) is 0 Å². The predicted molar refractivity (Wildman–Crippen MR) is 223 cm³/mol. The van der Waals surface area contributed by atoms with Crippen LogP contribution in [-0.2, 0) is 25.5 Å². The van der Waals surface area contributed by atoms with E-state index in [0.29, 0.717) is 30.2 Å². The number of hydrogen-bond donors (Lipinski definition) is 2. The number of ether oxygens (including phenoxy) is 2. The van der Waals surface area contributed by atoms with Gasteiger partial charge in [0, 0.05) is 43.8 Å². The Kier molecular flexibility index (Phi) is 13.5. The third-order valence-electron chi connectivity index (χ3n) is 11.3. The van der Waals surface area contributed by atoms with Crippen LogP contribution in [-0.4, -0.2) is 65.0 Å². The van der Waals surface area contributed by atoms with Gasteiger partial charge in [-0.2, -0.15) is 0 Å². The molecule has 4 aromatic rings. The van der Waals surface area contributed by atoms with E-state index in [1.54, 1.807) is 17.3 Å². The number of amides is 3. The molecule has 0 radical (unpaired) electrons. The number of alkyl carbamates (subject to hydrolysis) is 1. The number of thiazole rings is 1. The molecule has 0 bridgehead atoms. The number of hydrogen-bond acceptors (Lipinski definition) is 8. The third-order valence-corrected chi connectivity index (χ3v) is 12.3. The third kappa shape index (κ3) is 9.93. The zero-order valence-corrected chi connectivity index (χ0v) is 34.8. The van der Waals surface area contributed by atoms with Gasteiger partial charge >= 0.3 is 12.1 Å². The van der Waals surface area contributed by atoms with Crippen molar-refractivity contribution in [2.24, 2.45) is 11.8 Å². The molecular formula is C46H56N4O6S. The van der Waals surface area contributed by atoms with Crippen LogP contribution in [0.1, 0.15) is 117 Å². The van der Waals surface area contributed by atoms with Crippen molar-refractivity contribution in [2.45, 2.75) is 109 Å². The van der Waals surface area contributed by atoms with Gasteiger partial charge in [-0.3, -0.25) is 14.4 Å². The highest BCUT2D eigenvalue weighted by Crippen LogP contribution is 2.44. The summed E-state index contributed by atoms with van der Waals surface area (Å²) in [5.74, 6) is -0.732. The summed E-state index contributed by atoms with van der Waals surface area (Å²) in [7, 11) is 1.75. The Bertz CT molecular complexity index is 1980. The zero-order valence-electron chi connectivity index (χ0n) is 34.0. The lowest BCUT2D eigenvalue weighted by atomic mass is 9.91. The van der Waals surface area contributed by atoms with Gasteiger partial charge in [0.1, 0.15) is 22.8 Å². The quantitative estimate of drug-likeness (QED) is 0.109. The standard InChI is InChI=1S/C46H56N4O6S/c1-29(2)24-33(25-32-16-8-7-9-17-32)47-42(52)39-28-57-43(48-39)41(56-31(5)51)26-40(30(3)4)50(6)44(53)46(22-14-15-23-46)49-45(54)55-27-38-36-20-12-10-18-34(36)35-19-11-13-21-37(35)38/h7-13,16-21,28-30,33,38,40-41H,14-15,22-27H2,1-6H3,(H,47,52)(H,49,54)/t33-,40-,41-/m1/s1. The van der Waals surface area contributed by atoms with Crippen LogP contribution in [0, 0.1) is 11.8 Å². The Morgan fingerprint density at radius 2 is 1.49 bits per heavy atom. The Morgan fingerprint density at radius 1 is 0.877 bits per heavy atom. The van der Waals surface area contributed by atoms with Crippen LogP contribution in [0.4, 0.5) is 4.79 Å². The highest BCUT2D eigenvalue weighted by Gasteiger charge is 2.47. The number of fused-ring (bicyclic) bond motifs is 3. The second-order valence-electron chi connectivity index (χ2n) is 16.4. The Hall–Kier alpha value is -5.03. The zero-order chi connectivity index (χ0) is 40.7. The van der Waals surface area contributed by atoms with Gasteiger partial charge in [-0.15, -0.1) is 11.3 Å². The minimum Gasteiger partial charge on any atom is -0.455 e. The molecule has 57 heavy (non-hydrogen) atoms. The fourth-order valence-electron chi connectivity index (χ4n) is 8.65. The number of rotatable bonds is 16. The maximum atomic E-state index is 14.6. The Morgan fingerprint density at radius 3 is 2.09 bits per heavy atom. The summed E-state index contributed by atoms with van der Waals surface area (Å²) in [6, 6.07) is 26.0. The molecule has 0 unspecified atom stereocenters. The van der Waals surface area contributed by atoms with Gasteiger partial charge in [0.2, 0.25) is 5.91 Å². The van der Waals surface area contributed by atoms with E-state index in [0.717, 1.165) is 47.1 Å². The molecule has 3 aromatic carbocycles. The van der Waals surface area contributed by atoms with Gasteiger partial charge in [-0.25, -0.2) is 9.78 Å². The number of nitrogens with zero attached hydrogens (tertiary/aromatic N) is 2. The normalized spacial score (nSPS) is 16.0. The largest absolute Gasteiger partial charge is 0.455 e. The summed E-state index contributed by atoms with van der Waals surface area (Å²) >= 11 is 1.26. The summed E-state index contributed by atoms with van der Waals surface area (Å²) in [5.41, 5.74) is 4.80. The molecule has 1 saturated carbocycles. The fraction of sp³-hybridized carbons (Fsp3) is 0.457. The topological polar surface area (TPSA) is 127 Å². The van der Waals surface area contributed by atoms with E-state index in [1.165, 1.54) is 18.3 Å². The molecule has 0 spiro atoms. The van der Waals surface area contributed by atoms with Crippen molar-refractivity contribution in [2.75, 3.05) is 13.7 Å². The lowest BCUT2D eigenvalue weighted by Crippen LogP contribution is -2.60. The summed E-state index contributed by atoms with van der Waals surface area (Å²) in [6.07, 6.45) is 2.93. The van der Waals surface area contributed by atoms with Crippen LogP contribution in [0.3, 0.4) is 0 Å². The van der Waals surface area contributed by atoms with Crippen molar-refractivity contribution in [1.29, 1.82) is 0 Å². The van der Waals surface area contributed by atoms with Crippen LogP contribution < -0.4 is 10.6 Å². The van der Waals surface area contributed by atoms with Gasteiger partial charge in [0.25, 0.3) is 5.91 Å². The number of carbonyl (C=O) groups is 4.